The fourth-order valence-electron chi connectivity index (χ4n) is 3.37. The van der Waals surface area contributed by atoms with Gasteiger partial charge in [-0.1, -0.05) is 42.0 Å². The number of carbonyl (C=O) groups is 1. The monoisotopic (exact) mass is 385 g/mol. The quantitative estimate of drug-likeness (QED) is 0.530. The number of nitrogens with zero attached hydrogens (tertiary/aromatic N) is 3. The molecule has 0 aliphatic heterocycles. The number of aryl methyl sites for hydroxylation is 2. The summed E-state index contributed by atoms with van der Waals surface area (Å²) in [5.41, 5.74) is 6.80. The zero-order valence-electron chi connectivity index (χ0n) is 16.7. The molecule has 6 nitrogen and oxygen atoms in total. The Morgan fingerprint density at radius 3 is 2.72 bits per heavy atom. The smallest absolute Gasteiger partial charge is 0.221 e. The molecule has 4 rings (SSSR count). The van der Waals surface area contributed by atoms with Crippen LogP contribution in [0.5, 0.6) is 0 Å². The van der Waals surface area contributed by atoms with Crippen LogP contribution in [0.25, 0.3) is 22.3 Å². The van der Waals surface area contributed by atoms with Gasteiger partial charge in [-0.2, -0.15) is 0 Å². The van der Waals surface area contributed by atoms with E-state index < -0.39 is 0 Å². The molecule has 1 amide bonds. The zero-order valence-corrected chi connectivity index (χ0v) is 16.7. The molecule has 146 valence electrons. The van der Waals surface area contributed by atoms with E-state index in [1.807, 2.05) is 41.9 Å². The lowest BCUT2D eigenvalue weighted by molar-refractivity contribution is -0.114. The van der Waals surface area contributed by atoms with Crippen LogP contribution in [0.4, 0.5) is 11.6 Å². The SMILES string of the molecule is CC(=O)Nc1cccc(-c2cc3c(cn2)nc(NCc2cccc(C)c2)n3C)c1. The predicted molar refractivity (Wildman–Crippen MR) is 117 cm³/mol. The van der Waals surface area contributed by atoms with Crippen molar-refractivity contribution in [2.24, 2.45) is 7.05 Å². The molecule has 2 heterocycles. The summed E-state index contributed by atoms with van der Waals surface area (Å²) in [5.74, 6) is 0.703. The molecule has 0 unspecified atom stereocenters. The van der Waals surface area contributed by atoms with Crippen LogP contribution in [-0.4, -0.2) is 20.4 Å². The van der Waals surface area contributed by atoms with Crippen LogP contribution in [0.1, 0.15) is 18.1 Å². The maximum Gasteiger partial charge on any atom is 0.221 e. The van der Waals surface area contributed by atoms with E-state index in [0.29, 0.717) is 6.54 Å². The Bertz CT molecular complexity index is 1200. The normalized spacial score (nSPS) is 10.9. The van der Waals surface area contributed by atoms with E-state index in [9.17, 15) is 4.79 Å². The van der Waals surface area contributed by atoms with E-state index in [1.54, 1.807) is 6.20 Å². The molecule has 0 spiro atoms. The number of fused-ring (bicyclic) bond motifs is 1. The molecule has 0 saturated carbocycles. The van der Waals surface area contributed by atoms with Gasteiger partial charge in [-0.25, -0.2) is 4.98 Å². The third kappa shape index (κ3) is 4.11. The van der Waals surface area contributed by atoms with Crippen LogP contribution < -0.4 is 10.6 Å². The summed E-state index contributed by atoms with van der Waals surface area (Å²) in [6, 6.07) is 18.1. The van der Waals surface area contributed by atoms with Gasteiger partial charge in [-0.05, 0) is 30.7 Å². The third-order valence-electron chi connectivity index (χ3n) is 4.78. The third-order valence-corrected chi connectivity index (χ3v) is 4.78. The first-order chi connectivity index (χ1) is 14.0. The standard InChI is InChI=1S/C23H23N5O/c1-15-6-4-7-17(10-15)13-25-23-27-21-14-24-20(12-22(21)28(23)3)18-8-5-9-19(11-18)26-16(2)29/h4-12,14H,13H2,1-3H3,(H,25,27)(H,26,29). The van der Waals surface area contributed by atoms with Gasteiger partial charge < -0.3 is 15.2 Å². The van der Waals surface area contributed by atoms with E-state index in [2.05, 4.69) is 51.8 Å². The summed E-state index contributed by atoms with van der Waals surface area (Å²) in [5, 5.41) is 6.22. The van der Waals surface area contributed by atoms with Crippen LogP contribution >= 0.6 is 0 Å². The Kier molecular flexibility index (Phi) is 4.99. The average Bonchev–Trinajstić information content (AvgIpc) is 3.01. The number of carbonyl (C=O) groups excluding carboxylic acids is 1. The predicted octanol–water partition coefficient (Wildman–Crippen LogP) is 4.51. The van der Waals surface area contributed by atoms with Crippen LogP contribution in [0.2, 0.25) is 0 Å². The van der Waals surface area contributed by atoms with Crippen LogP contribution in [0.3, 0.4) is 0 Å². The lowest BCUT2D eigenvalue weighted by Crippen LogP contribution is -2.05. The molecule has 0 fully saturated rings. The van der Waals surface area contributed by atoms with Gasteiger partial charge in [0, 0.05) is 31.8 Å². The van der Waals surface area contributed by atoms with Crippen LogP contribution in [-0.2, 0) is 18.4 Å². The molecule has 0 aliphatic carbocycles. The summed E-state index contributed by atoms with van der Waals surface area (Å²) < 4.78 is 2.04. The van der Waals surface area contributed by atoms with Crippen molar-refractivity contribution in [2.75, 3.05) is 10.6 Å². The Hall–Kier alpha value is -3.67. The highest BCUT2D eigenvalue weighted by atomic mass is 16.1. The first-order valence-electron chi connectivity index (χ1n) is 9.49. The number of amides is 1. The largest absolute Gasteiger partial charge is 0.352 e. The molecule has 29 heavy (non-hydrogen) atoms. The second kappa shape index (κ2) is 7.75. The van der Waals surface area contributed by atoms with Crippen molar-refractivity contribution in [3.63, 3.8) is 0 Å². The number of benzene rings is 2. The molecule has 0 radical (unpaired) electrons. The van der Waals surface area contributed by atoms with Crippen molar-refractivity contribution in [1.82, 2.24) is 14.5 Å². The highest BCUT2D eigenvalue weighted by molar-refractivity contribution is 5.90. The minimum atomic E-state index is -0.0958. The number of anilines is 2. The van der Waals surface area contributed by atoms with Gasteiger partial charge in [-0.15, -0.1) is 0 Å². The summed E-state index contributed by atoms with van der Waals surface area (Å²) in [6.45, 7) is 4.29. The van der Waals surface area contributed by atoms with E-state index in [-0.39, 0.29) is 5.91 Å². The van der Waals surface area contributed by atoms with Crippen molar-refractivity contribution in [3.8, 4) is 11.3 Å². The first kappa shape index (κ1) is 18.7. The van der Waals surface area contributed by atoms with Gasteiger partial charge in [0.15, 0.2) is 0 Å². The molecular formula is C23H23N5O. The van der Waals surface area contributed by atoms with Crippen molar-refractivity contribution >= 4 is 28.6 Å². The molecule has 0 bridgehead atoms. The Morgan fingerprint density at radius 2 is 1.93 bits per heavy atom. The van der Waals surface area contributed by atoms with Crippen molar-refractivity contribution in [3.05, 3.63) is 71.9 Å². The molecular weight excluding hydrogens is 362 g/mol. The number of nitrogens with one attached hydrogen (secondary N) is 2. The minimum absolute atomic E-state index is 0.0958. The van der Waals surface area contributed by atoms with Crippen molar-refractivity contribution in [2.45, 2.75) is 20.4 Å². The van der Waals surface area contributed by atoms with E-state index in [4.69, 9.17) is 0 Å². The fraction of sp³-hybridized carbons (Fsp3) is 0.174. The van der Waals surface area contributed by atoms with E-state index in [1.165, 1.54) is 18.1 Å². The number of imidazole rings is 1. The van der Waals surface area contributed by atoms with Gasteiger partial charge in [-0.3, -0.25) is 9.78 Å². The second-order valence-corrected chi connectivity index (χ2v) is 7.16. The molecule has 0 aliphatic rings. The maximum absolute atomic E-state index is 11.3. The number of aromatic nitrogens is 3. The molecule has 2 aromatic carbocycles. The van der Waals surface area contributed by atoms with Crippen molar-refractivity contribution in [1.29, 1.82) is 0 Å². The number of hydrogen-bond acceptors (Lipinski definition) is 4. The minimum Gasteiger partial charge on any atom is -0.352 e. The number of pyridine rings is 1. The number of hydrogen-bond donors (Lipinski definition) is 2. The average molecular weight is 385 g/mol. The summed E-state index contributed by atoms with van der Waals surface area (Å²) in [4.78, 5) is 20.6. The highest BCUT2D eigenvalue weighted by Crippen LogP contribution is 2.26. The lowest BCUT2D eigenvalue weighted by Gasteiger charge is -2.08. The topological polar surface area (TPSA) is 71.8 Å². The highest BCUT2D eigenvalue weighted by Gasteiger charge is 2.10. The summed E-state index contributed by atoms with van der Waals surface area (Å²) in [6.07, 6.45) is 1.79. The van der Waals surface area contributed by atoms with Crippen LogP contribution in [0, 0.1) is 6.92 Å². The Balaban J connectivity index is 1.61. The van der Waals surface area contributed by atoms with E-state index >= 15 is 0 Å². The molecule has 4 aromatic rings. The lowest BCUT2D eigenvalue weighted by atomic mass is 10.1. The summed E-state index contributed by atoms with van der Waals surface area (Å²) >= 11 is 0. The van der Waals surface area contributed by atoms with Gasteiger partial charge >= 0.3 is 0 Å². The second-order valence-electron chi connectivity index (χ2n) is 7.16. The zero-order chi connectivity index (χ0) is 20.4. The fourth-order valence-corrected chi connectivity index (χ4v) is 3.37. The molecule has 0 atom stereocenters. The summed E-state index contributed by atoms with van der Waals surface area (Å²) in [7, 11) is 1.99. The molecule has 0 saturated heterocycles. The van der Waals surface area contributed by atoms with Gasteiger partial charge in [0.05, 0.1) is 17.4 Å². The van der Waals surface area contributed by atoms with E-state index in [0.717, 1.165) is 33.9 Å². The Labute approximate surface area is 169 Å². The first-order valence-corrected chi connectivity index (χ1v) is 9.49. The van der Waals surface area contributed by atoms with Gasteiger partial charge in [0.1, 0.15) is 5.52 Å². The van der Waals surface area contributed by atoms with Crippen LogP contribution in [0.15, 0.2) is 60.8 Å². The maximum atomic E-state index is 11.3. The molecule has 6 heteroatoms. The number of rotatable bonds is 5. The van der Waals surface area contributed by atoms with Gasteiger partial charge in [0.25, 0.3) is 0 Å². The van der Waals surface area contributed by atoms with Gasteiger partial charge in [0.2, 0.25) is 11.9 Å². The Morgan fingerprint density at radius 1 is 1.10 bits per heavy atom. The molecule has 2 N–H and O–H groups in total. The van der Waals surface area contributed by atoms with Crippen molar-refractivity contribution < 1.29 is 4.79 Å². The molecule has 2 aromatic heterocycles.